The molecule has 2 N–H and O–H groups in total. The monoisotopic (exact) mass is 399 g/mol. The zero-order valence-corrected chi connectivity index (χ0v) is 14.9. The minimum absolute atomic E-state index is 0. The summed E-state index contributed by atoms with van der Waals surface area (Å²) in [6.07, 6.45) is 3.37. The smallest absolute Gasteiger partial charge is 0.248 e. The molecule has 6 nitrogen and oxygen atoms in total. The molecule has 1 aromatic heterocycles. The summed E-state index contributed by atoms with van der Waals surface area (Å²) in [6.45, 7) is 2.40. The fraction of sp³-hybridized carbons (Fsp3) is 0.400. The second-order valence-electron chi connectivity index (χ2n) is 5.41. The van der Waals surface area contributed by atoms with Crippen LogP contribution < -0.4 is 10.6 Å². The first kappa shape index (κ1) is 17.9. The van der Waals surface area contributed by atoms with E-state index >= 15 is 0 Å². The number of carbonyl (C=O) groups is 1. The third-order valence-electron chi connectivity index (χ3n) is 3.72. The lowest BCUT2D eigenvalue weighted by Gasteiger charge is -2.20. The maximum Gasteiger partial charge on any atom is 0.248 e. The Labute approximate surface area is 149 Å². The van der Waals surface area contributed by atoms with E-state index in [0.29, 0.717) is 12.5 Å². The van der Waals surface area contributed by atoms with Crippen molar-refractivity contribution in [1.82, 2.24) is 20.1 Å². The summed E-state index contributed by atoms with van der Waals surface area (Å²) in [5.74, 6) is 0.443. The highest BCUT2D eigenvalue weighted by molar-refractivity contribution is 9.10. The van der Waals surface area contributed by atoms with Crippen LogP contribution >= 0.6 is 28.3 Å². The van der Waals surface area contributed by atoms with E-state index in [0.717, 1.165) is 36.0 Å². The summed E-state index contributed by atoms with van der Waals surface area (Å²) in [5, 5.41) is 10.4. The molecule has 8 heteroatoms. The molecule has 2 heterocycles. The molecule has 1 aliphatic heterocycles. The molecule has 1 aromatic carbocycles. The van der Waals surface area contributed by atoms with Crippen LogP contribution in [0.1, 0.15) is 18.4 Å². The van der Waals surface area contributed by atoms with Crippen LogP contribution in [0.5, 0.6) is 0 Å². The second-order valence-corrected chi connectivity index (χ2v) is 6.32. The molecule has 1 fully saturated rings. The molecular formula is C15H19BrClN5O. The molecular weight excluding hydrogens is 382 g/mol. The number of piperidine rings is 1. The topological polar surface area (TPSA) is 71.8 Å². The maximum absolute atomic E-state index is 12.1. The van der Waals surface area contributed by atoms with E-state index in [2.05, 4.69) is 36.6 Å². The van der Waals surface area contributed by atoms with Gasteiger partial charge in [-0.15, -0.1) is 17.5 Å². The number of benzene rings is 1. The molecule has 0 unspecified atom stereocenters. The van der Waals surface area contributed by atoms with Gasteiger partial charge in [0.1, 0.15) is 6.33 Å². The van der Waals surface area contributed by atoms with Crippen LogP contribution in [0.3, 0.4) is 0 Å². The van der Waals surface area contributed by atoms with Gasteiger partial charge in [-0.3, -0.25) is 10.1 Å². The Morgan fingerprint density at radius 1 is 1.39 bits per heavy atom. The van der Waals surface area contributed by atoms with E-state index in [1.165, 1.54) is 0 Å². The number of nitrogens with zero attached hydrogens (tertiary/aromatic N) is 3. The lowest BCUT2D eigenvalue weighted by Crippen LogP contribution is -2.34. The van der Waals surface area contributed by atoms with E-state index in [9.17, 15) is 4.79 Å². The summed E-state index contributed by atoms with van der Waals surface area (Å²) < 4.78 is 2.75. The van der Waals surface area contributed by atoms with Crippen LogP contribution in [0, 0.1) is 5.92 Å². The third kappa shape index (κ3) is 5.02. The molecule has 124 valence electrons. The van der Waals surface area contributed by atoms with Crippen molar-refractivity contribution in [3.8, 4) is 0 Å². The van der Waals surface area contributed by atoms with E-state index in [1.807, 2.05) is 24.3 Å². The van der Waals surface area contributed by atoms with E-state index in [-0.39, 0.29) is 24.2 Å². The van der Waals surface area contributed by atoms with Gasteiger partial charge in [0.05, 0.1) is 6.54 Å². The van der Waals surface area contributed by atoms with E-state index < -0.39 is 0 Å². The number of halogens is 2. The van der Waals surface area contributed by atoms with Crippen LogP contribution in [0.25, 0.3) is 0 Å². The fourth-order valence-electron chi connectivity index (χ4n) is 2.55. The molecule has 23 heavy (non-hydrogen) atoms. The number of hydrogen-bond donors (Lipinski definition) is 2. The standard InChI is InChI=1S/C15H18BrN5O.ClH/c16-13-3-1-2-11(8-13)9-21-10-18-15(20-21)19-14(22)12-4-6-17-7-5-12;/h1-3,8,10,12,17H,4-7,9H2,(H,19,20,22);1H. The van der Waals surface area contributed by atoms with Crippen molar-refractivity contribution in [3.05, 3.63) is 40.6 Å². The zero-order valence-electron chi connectivity index (χ0n) is 12.5. The lowest BCUT2D eigenvalue weighted by molar-refractivity contribution is -0.120. The van der Waals surface area contributed by atoms with Crippen LogP contribution in [-0.2, 0) is 11.3 Å². The van der Waals surface area contributed by atoms with E-state index in [4.69, 9.17) is 0 Å². The number of aromatic nitrogens is 3. The number of nitrogens with one attached hydrogen (secondary N) is 2. The highest BCUT2D eigenvalue weighted by Gasteiger charge is 2.21. The number of amides is 1. The fourth-order valence-corrected chi connectivity index (χ4v) is 2.99. The van der Waals surface area contributed by atoms with Crippen LogP contribution in [0.4, 0.5) is 5.95 Å². The van der Waals surface area contributed by atoms with Gasteiger partial charge in [-0.25, -0.2) is 9.67 Å². The summed E-state index contributed by atoms with van der Waals surface area (Å²) in [4.78, 5) is 16.3. The van der Waals surface area contributed by atoms with Crippen molar-refractivity contribution in [2.75, 3.05) is 18.4 Å². The first-order valence-corrected chi connectivity index (χ1v) is 8.15. The number of rotatable bonds is 4. The SMILES string of the molecule is Cl.O=C(Nc1ncn(Cc2cccc(Br)c2)n1)C1CCNCC1. The predicted octanol–water partition coefficient (Wildman–Crippen LogP) is 2.45. The lowest BCUT2D eigenvalue weighted by atomic mass is 9.97. The van der Waals surface area contributed by atoms with Gasteiger partial charge in [0.15, 0.2) is 0 Å². The summed E-state index contributed by atoms with van der Waals surface area (Å²) >= 11 is 3.45. The van der Waals surface area contributed by atoms with Crippen LogP contribution in [0.2, 0.25) is 0 Å². The van der Waals surface area contributed by atoms with Crippen molar-refractivity contribution in [2.45, 2.75) is 19.4 Å². The highest BCUT2D eigenvalue weighted by Crippen LogP contribution is 2.15. The third-order valence-corrected chi connectivity index (χ3v) is 4.21. The summed E-state index contributed by atoms with van der Waals surface area (Å²) in [7, 11) is 0. The Hall–Kier alpha value is -1.44. The first-order valence-electron chi connectivity index (χ1n) is 7.36. The van der Waals surface area contributed by atoms with Crippen molar-refractivity contribution in [1.29, 1.82) is 0 Å². The molecule has 0 atom stereocenters. The maximum atomic E-state index is 12.1. The van der Waals surface area contributed by atoms with Gasteiger partial charge in [0, 0.05) is 10.4 Å². The van der Waals surface area contributed by atoms with Gasteiger partial charge < -0.3 is 5.32 Å². The Kier molecular flexibility index (Phi) is 6.56. The number of anilines is 1. The first-order chi connectivity index (χ1) is 10.7. The van der Waals surface area contributed by atoms with Crippen molar-refractivity contribution in [2.24, 2.45) is 5.92 Å². The van der Waals surface area contributed by atoms with Gasteiger partial charge >= 0.3 is 0 Å². The Bertz CT molecular complexity index is 657. The zero-order chi connectivity index (χ0) is 15.4. The Balaban J connectivity index is 0.00000192. The second kappa shape index (κ2) is 8.42. The predicted molar refractivity (Wildman–Crippen MR) is 94.7 cm³/mol. The van der Waals surface area contributed by atoms with Crippen LogP contribution in [0.15, 0.2) is 35.1 Å². The van der Waals surface area contributed by atoms with Gasteiger partial charge in [0.2, 0.25) is 11.9 Å². The molecule has 0 spiro atoms. The van der Waals surface area contributed by atoms with Crippen molar-refractivity contribution in [3.63, 3.8) is 0 Å². The molecule has 2 aromatic rings. The molecule has 0 bridgehead atoms. The van der Waals surface area contributed by atoms with Gasteiger partial charge in [-0.2, -0.15) is 0 Å². The Morgan fingerprint density at radius 2 is 2.17 bits per heavy atom. The minimum Gasteiger partial charge on any atom is -0.317 e. The summed E-state index contributed by atoms with van der Waals surface area (Å²) in [5.41, 5.74) is 1.12. The number of carbonyl (C=O) groups excluding carboxylic acids is 1. The molecule has 0 aliphatic carbocycles. The molecule has 1 saturated heterocycles. The van der Waals surface area contributed by atoms with E-state index in [1.54, 1.807) is 11.0 Å². The molecule has 0 radical (unpaired) electrons. The Morgan fingerprint density at radius 3 is 2.91 bits per heavy atom. The van der Waals surface area contributed by atoms with Gasteiger partial charge in [-0.05, 0) is 43.6 Å². The molecule has 0 saturated carbocycles. The largest absolute Gasteiger partial charge is 0.317 e. The van der Waals surface area contributed by atoms with Gasteiger partial charge in [0.25, 0.3) is 0 Å². The molecule has 3 rings (SSSR count). The molecule has 1 amide bonds. The average molecular weight is 401 g/mol. The minimum atomic E-state index is 0. The normalized spacial score (nSPS) is 15.0. The quantitative estimate of drug-likeness (QED) is 0.827. The highest BCUT2D eigenvalue weighted by atomic mass is 79.9. The van der Waals surface area contributed by atoms with Crippen molar-refractivity contribution >= 4 is 40.2 Å². The molecule has 1 aliphatic rings. The average Bonchev–Trinajstić information content (AvgIpc) is 2.95. The summed E-state index contributed by atoms with van der Waals surface area (Å²) in [6, 6.07) is 8.03. The van der Waals surface area contributed by atoms with Crippen molar-refractivity contribution < 1.29 is 4.79 Å². The number of hydrogen-bond acceptors (Lipinski definition) is 4. The van der Waals surface area contributed by atoms with Gasteiger partial charge in [-0.1, -0.05) is 28.1 Å². The van der Waals surface area contributed by atoms with Crippen LogP contribution in [-0.4, -0.2) is 33.8 Å².